The lowest BCUT2D eigenvalue weighted by Crippen LogP contribution is -2.03. The third kappa shape index (κ3) is 53.8. The summed E-state index contributed by atoms with van der Waals surface area (Å²) in [6.45, 7) is 1.24. The minimum Gasteiger partial charge on any atom is -0.388 e. The summed E-state index contributed by atoms with van der Waals surface area (Å²) in [4.78, 5) is 13.1. The van der Waals surface area contributed by atoms with E-state index in [0.29, 0.717) is 0 Å². The molecular formula is C4H11NO3. The van der Waals surface area contributed by atoms with Crippen molar-refractivity contribution in [2.24, 2.45) is 5.90 Å². The quantitative estimate of drug-likeness (QED) is 0.446. The molecule has 0 aromatic rings. The first kappa shape index (κ1) is 10.4. The maximum Gasteiger partial charge on any atom is 0.321 e. The number of carbonyl (C=O) groups is 1. The Balaban J connectivity index is 0. The predicted octanol–water partition coefficient (Wildman–Crippen LogP) is -0.314. The average Bonchev–Trinajstić information content (AvgIpc) is 1.69. The third-order valence-corrected chi connectivity index (χ3v) is 0.166. The Morgan fingerprint density at radius 3 is 1.62 bits per heavy atom. The highest BCUT2D eigenvalue weighted by Gasteiger charge is 1.77. The Kier molecular flexibility index (Phi) is 12.5. The van der Waals surface area contributed by atoms with Crippen LogP contribution in [-0.2, 0) is 14.4 Å². The fourth-order valence-electron chi connectivity index (χ4n) is 0. The molecule has 2 N–H and O–H groups in total. The summed E-state index contributed by atoms with van der Waals surface area (Å²) in [5.41, 5.74) is 0. The van der Waals surface area contributed by atoms with Crippen LogP contribution < -0.4 is 5.90 Å². The van der Waals surface area contributed by atoms with E-state index in [4.69, 9.17) is 0 Å². The van der Waals surface area contributed by atoms with Gasteiger partial charge in [0, 0.05) is 21.1 Å². The molecule has 0 bridgehead atoms. The number of carbonyl (C=O) groups excluding carboxylic acids is 1. The predicted molar refractivity (Wildman–Crippen MR) is 28.9 cm³/mol. The van der Waals surface area contributed by atoms with Gasteiger partial charge in [-0.2, -0.15) is 5.90 Å². The van der Waals surface area contributed by atoms with Crippen molar-refractivity contribution in [3.8, 4) is 0 Å². The Bertz CT molecular complexity index is 55.2. The standard InChI is InChI=1S/C2H5NO2.C2H6O/c1-2(4)5-3;1-3-2/h3H2,1H3;1-2H3. The fourth-order valence-corrected chi connectivity index (χ4v) is 0. The van der Waals surface area contributed by atoms with E-state index in [2.05, 4.69) is 15.5 Å². The van der Waals surface area contributed by atoms with Crippen LogP contribution in [0.2, 0.25) is 0 Å². The molecule has 0 aliphatic carbocycles. The summed E-state index contributed by atoms with van der Waals surface area (Å²) in [7, 11) is 3.25. The highest BCUT2D eigenvalue weighted by atomic mass is 16.7. The summed E-state index contributed by atoms with van der Waals surface area (Å²) >= 11 is 0. The minimum atomic E-state index is -0.468. The van der Waals surface area contributed by atoms with Crippen LogP contribution in [0.15, 0.2) is 0 Å². The van der Waals surface area contributed by atoms with Gasteiger partial charge in [-0.3, -0.25) is 4.79 Å². The second-order valence-electron chi connectivity index (χ2n) is 1.02. The number of methoxy groups -OCH3 is 1. The zero-order valence-electron chi connectivity index (χ0n) is 5.30. The van der Waals surface area contributed by atoms with Crippen molar-refractivity contribution in [2.45, 2.75) is 6.92 Å². The van der Waals surface area contributed by atoms with Crippen molar-refractivity contribution >= 4 is 5.97 Å². The second kappa shape index (κ2) is 9.63. The molecule has 0 fully saturated rings. The number of hydrogen-bond acceptors (Lipinski definition) is 4. The van der Waals surface area contributed by atoms with Crippen LogP contribution in [-0.4, -0.2) is 20.2 Å². The highest BCUT2D eigenvalue weighted by Crippen LogP contribution is 1.55. The molecule has 0 spiro atoms. The van der Waals surface area contributed by atoms with Gasteiger partial charge in [0.05, 0.1) is 0 Å². The molecule has 0 radical (unpaired) electrons. The lowest BCUT2D eigenvalue weighted by molar-refractivity contribution is -0.141. The lowest BCUT2D eigenvalue weighted by atomic mass is 10.8. The minimum absolute atomic E-state index is 0.468. The molecule has 0 aliphatic heterocycles. The monoisotopic (exact) mass is 121 g/mol. The van der Waals surface area contributed by atoms with Crippen LogP contribution >= 0.6 is 0 Å². The molecule has 8 heavy (non-hydrogen) atoms. The van der Waals surface area contributed by atoms with Crippen LogP contribution in [0.1, 0.15) is 6.92 Å². The van der Waals surface area contributed by atoms with Gasteiger partial charge in [-0.1, -0.05) is 0 Å². The van der Waals surface area contributed by atoms with E-state index in [-0.39, 0.29) is 0 Å². The lowest BCUT2D eigenvalue weighted by Gasteiger charge is -1.79. The first-order chi connectivity index (χ1) is 3.68. The van der Waals surface area contributed by atoms with Gasteiger partial charge in [-0.05, 0) is 0 Å². The molecule has 0 unspecified atom stereocenters. The molecule has 0 rings (SSSR count). The van der Waals surface area contributed by atoms with Crippen LogP contribution in [0.4, 0.5) is 0 Å². The molecule has 0 aromatic carbocycles. The van der Waals surface area contributed by atoms with Gasteiger partial charge in [0.2, 0.25) is 0 Å². The maximum atomic E-state index is 9.47. The molecule has 0 heterocycles. The van der Waals surface area contributed by atoms with E-state index in [9.17, 15) is 4.79 Å². The number of rotatable bonds is 0. The molecule has 0 saturated carbocycles. The first-order valence-corrected chi connectivity index (χ1v) is 1.96. The zero-order chi connectivity index (χ0) is 6.99. The highest BCUT2D eigenvalue weighted by molar-refractivity contribution is 5.65. The summed E-state index contributed by atoms with van der Waals surface area (Å²) in [6.07, 6.45) is 0. The largest absolute Gasteiger partial charge is 0.388 e. The number of ether oxygens (including phenoxy) is 1. The van der Waals surface area contributed by atoms with Gasteiger partial charge in [0.15, 0.2) is 0 Å². The van der Waals surface area contributed by atoms with Gasteiger partial charge in [0.25, 0.3) is 0 Å². The normalized spacial score (nSPS) is 6.50. The van der Waals surface area contributed by atoms with Crippen molar-refractivity contribution in [1.29, 1.82) is 0 Å². The summed E-state index contributed by atoms with van der Waals surface area (Å²) in [5.74, 6) is 3.85. The van der Waals surface area contributed by atoms with Crippen molar-refractivity contribution in [2.75, 3.05) is 14.2 Å². The Morgan fingerprint density at radius 2 is 1.62 bits per heavy atom. The first-order valence-electron chi connectivity index (χ1n) is 1.96. The van der Waals surface area contributed by atoms with E-state index in [1.54, 1.807) is 14.2 Å². The van der Waals surface area contributed by atoms with Crippen molar-refractivity contribution in [1.82, 2.24) is 0 Å². The second-order valence-corrected chi connectivity index (χ2v) is 1.02. The van der Waals surface area contributed by atoms with E-state index in [0.717, 1.165) is 0 Å². The summed E-state index contributed by atoms with van der Waals surface area (Å²) in [6, 6.07) is 0. The van der Waals surface area contributed by atoms with Crippen LogP contribution in [0.3, 0.4) is 0 Å². The van der Waals surface area contributed by atoms with E-state index in [1.165, 1.54) is 6.92 Å². The smallest absolute Gasteiger partial charge is 0.321 e. The van der Waals surface area contributed by atoms with Crippen LogP contribution in [0, 0.1) is 0 Å². The van der Waals surface area contributed by atoms with Gasteiger partial charge >= 0.3 is 5.97 Å². The summed E-state index contributed by atoms with van der Waals surface area (Å²) in [5, 5.41) is 0. The molecule has 4 nitrogen and oxygen atoms in total. The van der Waals surface area contributed by atoms with Crippen LogP contribution in [0.25, 0.3) is 0 Å². The van der Waals surface area contributed by atoms with Gasteiger partial charge in [0.1, 0.15) is 0 Å². The van der Waals surface area contributed by atoms with Crippen LogP contribution in [0.5, 0.6) is 0 Å². The molecule has 0 aliphatic rings. The topological polar surface area (TPSA) is 61.5 Å². The molecule has 4 heteroatoms. The maximum absolute atomic E-state index is 9.47. The van der Waals surface area contributed by atoms with Gasteiger partial charge in [-0.25, -0.2) is 0 Å². The number of nitrogens with two attached hydrogens (primary N) is 1. The van der Waals surface area contributed by atoms with E-state index >= 15 is 0 Å². The van der Waals surface area contributed by atoms with Crippen molar-refractivity contribution in [3.05, 3.63) is 0 Å². The van der Waals surface area contributed by atoms with Gasteiger partial charge < -0.3 is 9.57 Å². The summed E-state index contributed by atoms with van der Waals surface area (Å²) < 4.78 is 4.25. The molecule has 0 atom stereocenters. The molecule has 0 amide bonds. The fraction of sp³-hybridized carbons (Fsp3) is 0.750. The Morgan fingerprint density at radius 1 is 1.50 bits per heavy atom. The van der Waals surface area contributed by atoms with E-state index in [1.807, 2.05) is 0 Å². The van der Waals surface area contributed by atoms with Crippen molar-refractivity contribution < 1.29 is 14.4 Å². The average molecular weight is 121 g/mol. The Hall–Kier alpha value is -0.610. The molecule has 50 valence electrons. The molecule has 0 aromatic heterocycles. The SMILES string of the molecule is CC(=O)ON.COC. The zero-order valence-corrected chi connectivity index (χ0v) is 5.30. The Labute approximate surface area is 48.5 Å². The van der Waals surface area contributed by atoms with E-state index < -0.39 is 5.97 Å². The van der Waals surface area contributed by atoms with Gasteiger partial charge in [-0.15, -0.1) is 0 Å². The van der Waals surface area contributed by atoms with Crippen molar-refractivity contribution in [3.63, 3.8) is 0 Å². The number of hydrogen-bond donors (Lipinski definition) is 1. The third-order valence-electron chi connectivity index (χ3n) is 0.166. The molecular weight excluding hydrogens is 110 g/mol. The molecule has 0 saturated heterocycles.